The van der Waals surface area contributed by atoms with E-state index in [1.165, 1.54) is 16.7 Å². The first-order chi connectivity index (χ1) is 8.99. The number of carboxylic acid groups (broad SMARTS) is 1. The van der Waals surface area contributed by atoms with Crippen molar-refractivity contribution in [3.63, 3.8) is 0 Å². The van der Waals surface area contributed by atoms with Crippen LogP contribution < -0.4 is 0 Å². The second-order valence-corrected chi connectivity index (χ2v) is 5.70. The van der Waals surface area contributed by atoms with Gasteiger partial charge in [-0.2, -0.15) is 0 Å². The topological polar surface area (TPSA) is 62.5 Å². The highest BCUT2D eigenvalue weighted by Crippen LogP contribution is 2.32. The Morgan fingerprint density at radius 1 is 1.58 bits per heavy atom. The predicted molar refractivity (Wildman–Crippen MR) is 77.5 cm³/mol. The Morgan fingerprint density at radius 3 is 2.89 bits per heavy atom. The summed E-state index contributed by atoms with van der Waals surface area (Å²) in [7, 11) is 1.89. The molecular formula is C12H12N2O3S2. The van der Waals surface area contributed by atoms with E-state index in [9.17, 15) is 9.59 Å². The fourth-order valence-corrected chi connectivity index (χ4v) is 2.95. The molecular weight excluding hydrogens is 284 g/mol. The molecule has 5 nitrogen and oxygen atoms in total. The quantitative estimate of drug-likeness (QED) is 0.677. The lowest BCUT2D eigenvalue weighted by Gasteiger charge is -2.12. The molecule has 1 N–H and O–H groups in total. The normalized spacial score (nSPS) is 17.5. The zero-order valence-corrected chi connectivity index (χ0v) is 11.8. The zero-order valence-electron chi connectivity index (χ0n) is 10.2. The molecule has 7 heteroatoms. The van der Waals surface area contributed by atoms with E-state index in [1.54, 1.807) is 6.08 Å². The Morgan fingerprint density at radius 2 is 2.32 bits per heavy atom. The summed E-state index contributed by atoms with van der Waals surface area (Å²) in [6.07, 6.45) is 3.54. The molecule has 0 spiro atoms. The number of carboxylic acids is 1. The summed E-state index contributed by atoms with van der Waals surface area (Å²) < 4.78 is 2.30. The Bertz CT molecular complexity index is 577. The van der Waals surface area contributed by atoms with Crippen LogP contribution >= 0.6 is 24.0 Å². The Kier molecular flexibility index (Phi) is 4.06. The van der Waals surface area contributed by atoms with Crippen LogP contribution in [0, 0.1) is 0 Å². The van der Waals surface area contributed by atoms with Crippen LogP contribution in [0.4, 0.5) is 0 Å². The van der Waals surface area contributed by atoms with Gasteiger partial charge in [0.15, 0.2) is 0 Å². The van der Waals surface area contributed by atoms with Crippen molar-refractivity contribution in [1.82, 2.24) is 9.47 Å². The number of hydrogen-bond acceptors (Lipinski definition) is 4. The standard InChI is InChI=1S/C12H12N2O3S2/c1-13-5-2-3-8(13)7-9-11(17)14(12(18)19-9)6-4-10(15)16/h2-3,5,7H,4,6H2,1H3,(H,15,16). The molecule has 2 rings (SSSR count). The summed E-state index contributed by atoms with van der Waals surface area (Å²) in [6, 6.07) is 3.78. The first-order valence-electron chi connectivity index (χ1n) is 5.57. The van der Waals surface area contributed by atoms with Crippen molar-refractivity contribution in [2.45, 2.75) is 6.42 Å². The van der Waals surface area contributed by atoms with E-state index in [-0.39, 0.29) is 18.9 Å². The van der Waals surface area contributed by atoms with Gasteiger partial charge >= 0.3 is 5.97 Å². The largest absolute Gasteiger partial charge is 0.481 e. The minimum atomic E-state index is -0.944. The molecule has 1 aliphatic rings. The van der Waals surface area contributed by atoms with Crippen molar-refractivity contribution in [2.75, 3.05) is 6.54 Å². The number of amides is 1. The summed E-state index contributed by atoms with van der Waals surface area (Å²) in [6.45, 7) is 0.116. The maximum absolute atomic E-state index is 12.1. The predicted octanol–water partition coefficient (Wildman–Crippen LogP) is 1.70. The van der Waals surface area contributed by atoms with Gasteiger partial charge in [-0.1, -0.05) is 24.0 Å². The maximum atomic E-state index is 12.1. The van der Waals surface area contributed by atoms with Crippen LogP contribution in [0.5, 0.6) is 0 Å². The first kappa shape index (κ1) is 13.8. The smallest absolute Gasteiger partial charge is 0.305 e. The summed E-state index contributed by atoms with van der Waals surface area (Å²) in [5.74, 6) is -1.17. The zero-order chi connectivity index (χ0) is 14.0. The van der Waals surface area contributed by atoms with E-state index < -0.39 is 5.97 Å². The third kappa shape index (κ3) is 3.05. The number of hydrogen-bond donors (Lipinski definition) is 1. The fourth-order valence-electron chi connectivity index (χ4n) is 1.66. The number of aliphatic carboxylic acids is 1. The summed E-state index contributed by atoms with van der Waals surface area (Å²) >= 11 is 6.31. The average Bonchev–Trinajstić information content (AvgIpc) is 2.84. The van der Waals surface area contributed by atoms with E-state index in [0.29, 0.717) is 9.23 Å². The number of aromatic nitrogens is 1. The van der Waals surface area contributed by atoms with Crippen LogP contribution in [0.15, 0.2) is 23.2 Å². The van der Waals surface area contributed by atoms with Crippen LogP contribution in [0.3, 0.4) is 0 Å². The molecule has 1 saturated heterocycles. The van der Waals surface area contributed by atoms with Gasteiger partial charge < -0.3 is 9.67 Å². The number of aryl methyl sites for hydroxylation is 1. The molecule has 100 valence electrons. The number of carbonyl (C=O) groups is 2. The molecule has 0 bridgehead atoms. The van der Waals surface area contributed by atoms with Gasteiger partial charge in [0.1, 0.15) is 4.32 Å². The second-order valence-electron chi connectivity index (χ2n) is 4.02. The summed E-state index contributed by atoms with van der Waals surface area (Å²) in [4.78, 5) is 24.5. The van der Waals surface area contributed by atoms with E-state index in [2.05, 4.69) is 0 Å². The number of carbonyl (C=O) groups excluding carboxylic acids is 1. The van der Waals surface area contributed by atoms with Crippen LogP contribution in [-0.4, -0.2) is 37.3 Å². The molecule has 0 saturated carbocycles. The van der Waals surface area contributed by atoms with E-state index in [1.807, 2.05) is 29.9 Å². The molecule has 0 aromatic carbocycles. The minimum absolute atomic E-state index is 0.107. The molecule has 0 atom stereocenters. The molecule has 1 amide bonds. The number of nitrogens with zero attached hydrogens (tertiary/aromatic N) is 2. The minimum Gasteiger partial charge on any atom is -0.481 e. The van der Waals surface area contributed by atoms with Crippen molar-refractivity contribution in [2.24, 2.45) is 7.05 Å². The third-order valence-corrected chi connectivity index (χ3v) is 4.06. The molecule has 0 unspecified atom stereocenters. The lowest BCUT2D eigenvalue weighted by molar-refractivity contribution is -0.137. The van der Waals surface area contributed by atoms with Crippen molar-refractivity contribution in [3.05, 3.63) is 28.9 Å². The lowest BCUT2D eigenvalue weighted by atomic mass is 10.3. The highest BCUT2D eigenvalue weighted by atomic mass is 32.2. The lowest BCUT2D eigenvalue weighted by Crippen LogP contribution is -2.30. The van der Waals surface area contributed by atoms with Crippen molar-refractivity contribution >= 4 is 46.3 Å². The van der Waals surface area contributed by atoms with Crippen LogP contribution in [0.1, 0.15) is 12.1 Å². The molecule has 1 aromatic heterocycles. The van der Waals surface area contributed by atoms with Crippen LogP contribution in [0.25, 0.3) is 6.08 Å². The van der Waals surface area contributed by atoms with Gasteiger partial charge in [0, 0.05) is 25.5 Å². The van der Waals surface area contributed by atoms with Crippen molar-refractivity contribution in [1.29, 1.82) is 0 Å². The summed E-state index contributed by atoms with van der Waals surface area (Å²) in [5.41, 5.74) is 0.902. The van der Waals surface area contributed by atoms with Gasteiger partial charge in [0.05, 0.1) is 11.3 Å². The Hall–Kier alpha value is -1.60. The fraction of sp³-hybridized carbons (Fsp3) is 0.250. The Balaban J connectivity index is 2.16. The van der Waals surface area contributed by atoms with Crippen LogP contribution in [0.2, 0.25) is 0 Å². The molecule has 1 aromatic rings. The summed E-state index contributed by atoms with van der Waals surface area (Å²) in [5, 5.41) is 8.65. The van der Waals surface area contributed by atoms with Gasteiger partial charge in [-0.3, -0.25) is 14.5 Å². The SMILES string of the molecule is Cn1cccc1C=C1SC(=S)N(CCC(=O)O)C1=O. The highest BCUT2D eigenvalue weighted by Gasteiger charge is 2.32. The van der Waals surface area contributed by atoms with Gasteiger partial charge in [0.25, 0.3) is 5.91 Å². The second kappa shape index (κ2) is 5.58. The molecule has 1 aliphatic heterocycles. The van der Waals surface area contributed by atoms with Gasteiger partial charge in [0.2, 0.25) is 0 Å². The number of thioether (sulfide) groups is 1. The first-order valence-corrected chi connectivity index (χ1v) is 6.80. The van der Waals surface area contributed by atoms with Crippen molar-refractivity contribution < 1.29 is 14.7 Å². The molecule has 0 radical (unpaired) electrons. The highest BCUT2D eigenvalue weighted by molar-refractivity contribution is 8.26. The Labute approximate surface area is 119 Å². The van der Waals surface area contributed by atoms with Gasteiger partial charge in [-0.25, -0.2) is 0 Å². The third-order valence-electron chi connectivity index (χ3n) is 2.69. The molecule has 19 heavy (non-hydrogen) atoms. The molecule has 2 heterocycles. The molecule has 0 aliphatic carbocycles. The van der Waals surface area contributed by atoms with Crippen LogP contribution in [-0.2, 0) is 16.6 Å². The van der Waals surface area contributed by atoms with E-state index in [0.717, 1.165) is 5.69 Å². The maximum Gasteiger partial charge on any atom is 0.305 e. The molecule has 1 fully saturated rings. The monoisotopic (exact) mass is 296 g/mol. The van der Waals surface area contributed by atoms with E-state index >= 15 is 0 Å². The number of rotatable bonds is 4. The average molecular weight is 296 g/mol. The number of thiocarbonyl (C=S) groups is 1. The van der Waals surface area contributed by atoms with E-state index in [4.69, 9.17) is 17.3 Å². The van der Waals surface area contributed by atoms with Crippen molar-refractivity contribution in [3.8, 4) is 0 Å². The van der Waals surface area contributed by atoms with Gasteiger partial charge in [-0.05, 0) is 18.2 Å². The van der Waals surface area contributed by atoms with Gasteiger partial charge in [-0.15, -0.1) is 0 Å².